The molecule has 6 nitrogen and oxygen atoms in total. The Kier molecular flexibility index (Phi) is 7.51. The van der Waals surface area contributed by atoms with Crippen LogP contribution in [0, 0.1) is 6.92 Å². The van der Waals surface area contributed by atoms with Crippen molar-refractivity contribution in [1.29, 1.82) is 0 Å². The van der Waals surface area contributed by atoms with Crippen LogP contribution in [0.15, 0.2) is 60.7 Å². The van der Waals surface area contributed by atoms with E-state index in [1.165, 1.54) is 0 Å². The van der Waals surface area contributed by atoms with Crippen LogP contribution in [-0.4, -0.2) is 47.8 Å². The number of carbonyl (C=O) groups is 1. The summed E-state index contributed by atoms with van der Waals surface area (Å²) in [5.41, 5.74) is 4.67. The molecule has 0 saturated carbocycles. The largest absolute Gasteiger partial charge is 0.480 e. The maximum Gasteiger partial charge on any atom is 0.329 e. The van der Waals surface area contributed by atoms with E-state index in [2.05, 4.69) is 29.2 Å². The molecule has 1 heterocycles. The second-order valence-corrected chi connectivity index (χ2v) is 7.14. The van der Waals surface area contributed by atoms with E-state index < -0.39 is 5.97 Å². The molecule has 0 atom stereocenters. The van der Waals surface area contributed by atoms with Crippen LogP contribution < -0.4 is 4.90 Å². The third-order valence-electron chi connectivity index (χ3n) is 4.76. The molecule has 0 fully saturated rings. The fourth-order valence-electron chi connectivity index (χ4n) is 3.29. The minimum Gasteiger partial charge on any atom is -0.480 e. The monoisotopic (exact) mass is 405 g/mol. The fraction of sp³-hybridized carbons (Fsp3) is 0.292. The molecule has 6 heteroatoms. The van der Waals surface area contributed by atoms with Gasteiger partial charge >= 0.3 is 5.97 Å². The number of aliphatic carboxylic acids is 1. The Morgan fingerprint density at radius 2 is 1.50 bits per heavy atom. The van der Waals surface area contributed by atoms with Crippen LogP contribution in [0.1, 0.15) is 18.5 Å². The number of carboxylic acid groups (broad SMARTS) is 1. The van der Waals surface area contributed by atoms with Crippen LogP contribution in [0.25, 0.3) is 22.5 Å². The minimum absolute atomic E-state index is 0.248. The average molecular weight is 405 g/mol. The zero-order chi connectivity index (χ0) is 21.3. The first-order valence-electron chi connectivity index (χ1n) is 10.1. The molecular formula is C24H27N3O3. The molecule has 0 bridgehead atoms. The lowest BCUT2D eigenvalue weighted by atomic mass is 10.0. The van der Waals surface area contributed by atoms with Crippen LogP contribution in [0.5, 0.6) is 0 Å². The van der Waals surface area contributed by atoms with Crippen molar-refractivity contribution in [2.24, 2.45) is 0 Å². The molecule has 0 amide bonds. The molecule has 0 spiro atoms. The Labute approximate surface area is 177 Å². The number of aryl methyl sites for hydroxylation is 1. The second kappa shape index (κ2) is 10.5. The Bertz CT molecular complexity index is 962. The summed E-state index contributed by atoms with van der Waals surface area (Å²) >= 11 is 0. The molecule has 0 radical (unpaired) electrons. The molecule has 1 aromatic heterocycles. The number of nitrogens with zero attached hydrogens (tertiary/aromatic N) is 3. The van der Waals surface area contributed by atoms with Gasteiger partial charge in [0.1, 0.15) is 6.61 Å². The Hall–Kier alpha value is -3.25. The van der Waals surface area contributed by atoms with Gasteiger partial charge in [0.2, 0.25) is 0 Å². The lowest BCUT2D eigenvalue weighted by Gasteiger charge is -2.22. The lowest BCUT2D eigenvalue weighted by Crippen LogP contribution is -2.22. The van der Waals surface area contributed by atoms with Gasteiger partial charge in [0.25, 0.3) is 0 Å². The quantitative estimate of drug-likeness (QED) is 0.503. The first-order valence-corrected chi connectivity index (χ1v) is 10.1. The summed E-state index contributed by atoms with van der Waals surface area (Å²) < 4.78 is 5.10. The van der Waals surface area contributed by atoms with Crippen LogP contribution in [0.3, 0.4) is 0 Å². The highest BCUT2D eigenvalue weighted by atomic mass is 16.5. The van der Waals surface area contributed by atoms with Crippen molar-refractivity contribution in [2.45, 2.75) is 19.8 Å². The Morgan fingerprint density at radius 1 is 0.933 bits per heavy atom. The molecular weight excluding hydrogens is 378 g/mol. The fourth-order valence-corrected chi connectivity index (χ4v) is 3.29. The zero-order valence-corrected chi connectivity index (χ0v) is 17.4. The van der Waals surface area contributed by atoms with Gasteiger partial charge in [0, 0.05) is 31.3 Å². The topological polar surface area (TPSA) is 75.5 Å². The van der Waals surface area contributed by atoms with Gasteiger partial charge in [-0.25, -0.2) is 14.8 Å². The van der Waals surface area contributed by atoms with E-state index >= 15 is 0 Å². The van der Waals surface area contributed by atoms with E-state index in [0.717, 1.165) is 53.4 Å². The van der Waals surface area contributed by atoms with Gasteiger partial charge in [0.15, 0.2) is 5.82 Å². The van der Waals surface area contributed by atoms with E-state index in [4.69, 9.17) is 19.8 Å². The van der Waals surface area contributed by atoms with Gasteiger partial charge in [-0.2, -0.15) is 0 Å². The predicted octanol–water partition coefficient (Wildman–Crippen LogP) is 4.44. The maximum atomic E-state index is 10.5. The Balaban J connectivity index is 1.81. The predicted molar refractivity (Wildman–Crippen MR) is 119 cm³/mol. The molecule has 30 heavy (non-hydrogen) atoms. The van der Waals surface area contributed by atoms with Crippen molar-refractivity contribution in [3.63, 3.8) is 0 Å². The summed E-state index contributed by atoms with van der Waals surface area (Å²) in [4.78, 5) is 22.5. The summed E-state index contributed by atoms with van der Waals surface area (Å²) in [6, 6.07) is 20.2. The van der Waals surface area contributed by atoms with Gasteiger partial charge in [-0.15, -0.1) is 0 Å². The highest BCUT2D eigenvalue weighted by Gasteiger charge is 2.16. The van der Waals surface area contributed by atoms with Crippen molar-refractivity contribution in [2.75, 3.05) is 31.7 Å². The normalized spacial score (nSPS) is 10.7. The number of aromatic nitrogens is 2. The van der Waals surface area contributed by atoms with Crippen molar-refractivity contribution in [3.8, 4) is 22.5 Å². The summed E-state index contributed by atoms with van der Waals surface area (Å²) in [5, 5.41) is 8.61. The van der Waals surface area contributed by atoms with Gasteiger partial charge in [-0.05, 0) is 19.8 Å². The molecule has 0 aliphatic heterocycles. The van der Waals surface area contributed by atoms with Gasteiger partial charge in [-0.3, -0.25) is 0 Å². The molecule has 0 saturated heterocycles. The zero-order valence-electron chi connectivity index (χ0n) is 17.4. The number of anilines is 1. The first-order chi connectivity index (χ1) is 14.6. The lowest BCUT2D eigenvalue weighted by molar-refractivity contribution is -0.142. The Morgan fingerprint density at radius 3 is 2.07 bits per heavy atom. The molecule has 156 valence electrons. The van der Waals surface area contributed by atoms with Gasteiger partial charge in [0.05, 0.1) is 17.1 Å². The molecule has 3 aromatic rings. The van der Waals surface area contributed by atoms with Crippen LogP contribution in [-0.2, 0) is 9.53 Å². The number of rotatable bonds is 10. The first kappa shape index (κ1) is 21.5. The standard InChI is InChI=1S/C24H27N3O3/c1-18-24(27(2)15-9-10-16-30-17-21(28)29)26-23(20-13-7-4-8-14-20)22(25-18)19-11-5-3-6-12-19/h3-8,11-14H,9-10,15-17H2,1-2H3,(H,28,29). The van der Waals surface area contributed by atoms with E-state index in [-0.39, 0.29) is 6.61 Å². The minimum atomic E-state index is -0.940. The van der Waals surface area contributed by atoms with Crippen molar-refractivity contribution < 1.29 is 14.6 Å². The number of unbranched alkanes of at least 4 members (excludes halogenated alkanes) is 1. The van der Waals surface area contributed by atoms with Crippen molar-refractivity contribution >= 4 is 11.8 Å². The third-order valence-corrected chi connectivity index (χ3v) is 4.76. The highest BCUT2D eigenvalue weighted by molar-refractivity contribution is 5.79. The number of ether oxygens (including phenoxy) is 1. The molecule has 0 aliphatic carbocycles. The molecule has 0 aliphatic rings. The summed E-state index contributed by atoms with van der Waals surface area (Å²) in [5.74, 6) is -0.0926. The SMILES string of the molecule is Cc1nc(-c2ccccc2)c(-c2ccccc2)nc1N(C)CCCCOCC(=O)O. The van der Waals surface area contributed by atoms with E-state index in [0.29, 0.717) is 6.61 Å². The maximum absolute atomic E-state index is 10.5. The molecule has 3 rings (SSSR count). The van der Waals surface area contributed by atoms with Crippen molar-refractivity contribution in [1.82, 2.24) is 9.97 Å². The summed E-state index contributed by atoms with van der Waals surface area (Å²) in [6.45, 7) is 2.95. The van der Waals surface area contributed by atoms with Gasteiger partial charge in [-0.1, -0.05) is 60.7 Å². The van der Waals surface area contributed by atoms with Crippen molar-refractivity contribution in [3.05, 3.63) is 66.4 Å². The van der Waals surface area contributed by atoms with Crippen LogP contribution in [0.4, 0.5) is 5.82 Å². The van der Waals surface area contributed by atoms with Gasteiger partial charge < -0.3 is 14.7 Å². The third kappa shape index (κ3) is 5.64. The highest BCUT2D eigenvalue weighted by Crippen LogP contribution is 2.32. The molecule has 0 unspecified atom stereocenters. The van der Waals surface area contributed by atoms with E-state index in [1.807, 2.05) is 50.4 Å². The summed E-state index contributed by atoms with van der Waals surface area (Å²) in [7, 11) is 2.01. The molecule has 1 N–H and O–H groups in total. The molecule has 2 aromatic carbocycles. The van der Waals surface area contributed by atoms with Crippen LogP contribution in [0.2, 0.25) is 0 Å². The smallest absolute Gasteiger partial charge is 0.329 e. The second-order valence-electron chi connectivity index (χ2n) is 7.14. The van der Waals surface area contributed by atoms with Crippen LogP contribution >= 0.6 is 0 Å². The number of hydrogen-bond acceptors (Lipinski definition) is 5. The van der Waals surface area contributed by atoms with E-state index in [1.54, 1.807) is 0 Å². The number of carboxylic acids is 1. The number of hydrogen-bond donors (Lipinski definition) is 1. The number of benzene rings is 2. The summed E-state index contributed by atoms with van der Waals surface area (Å²) in [6.07, 6.45) is 1.66. The average Bonchev–Trinajstić information content (AvgIpc) is 2.76. The van der Waals surface area contributed by atoms with E-state index in [9.17, 15) is 4.79 Å².